The van der Waals surface area contributed by atoms with E-state index in [1.165, 1.54) is 12.1 Å². The van der Waals surface area contributed by atoms with Crippen molar-refractivity contribution in [1.82, 2.24) is 9.78 Å². The minimum Gasteiger partial charge on any atom is -0.399 e. The number of alkyl halides is 3. The second-order valence-corrected chi connectivity index (χ2v) is 4.00. The normalized spacial score (nSPS) is 11.5. The molecular weight excluding hydrogens is 257 g/mol. The van der Waals surface area contributed by atoms with E-state index in [1.54, 1.807) is 23.1 Å². The lowest BCUT2D eigenvalue weighted by atomic mass is 10.1. The number of benzene rings is 1. The number of hydrogen-bond acceptors (Lipinski definition) is 3. The van der Waals surface area contributed by atoms with E-state index in [9.17, 15) is 13.2 Å². The fourth-order valence-electron chi connectivity index (χ4n) is 1.69. The zero-order valence-electron chi connectivity index (χ0n) is 9.98. The maximum Gasteiger partial charge on any atom is 0.418 e. The number of nitrogen functional groups attached to an aromatic ring is 1. The van der Waals surface area contributed by atoms with E-state index in [2.05, 4.69) is 10.4 Å². The summed E-state index contributed by atoms with van der Waals surface area (Å²) < 4.78 is 40.1. The predicted octanol–water partition coefficient (Wildman–Crippen LogP) is 2.60. The van der Waals surface area contributed by atoms with Gasteiger partial charge >= 0.3 is 6.18 Å². The molecule has 0 bridgehead atoms. The van der Waals surface area contributed by atoms with Crippen LogP contribution in [0.25, 0.3) is 0 Å². The molecule has 0 atom stereocenters. The standard InChI is InChI=1S/C12H13F3N4/c13-12(14,15)10-8-9(16)2-3-11(10)17-5-7-19-6-1-4-18-19/h1-4,6,8,17H,5,7,16H2. The van der Waals surface area contributed by atoms with Crippen LogP contribution in [-0.4, -0.2) is 16.3 Å². The van der Waals surface area contributed by atoms with Crippen LogP contribution >= 0.6 is 0 Å². The molecule has 3 N–H and O–H groups in total. The van der Waals surface area contributed by atoms with Crippen molar-refractivity contribution < 1.29 is 13.2 Å². The number of nitrogens with one attached hydrogen (secondary N) is 1. The van der Waals surface area contributed by atoms with E-state index in [4.69, 9.17) is 5.73 Å². The Labute approximate surface area is 108 Å². The molecule has 1 aromatic carbocycles. The molecule has 2 aromatic rings. The highest BCUT2D eigenvalue weighted by molar-refractivity contribution is 5.59. The summed E-state index contributed by atoms with van der Waals surface area (Å²) in [4.78, 5) is 0. The number of anilines is 2. The summed E-state index contributed by atoms with van der Waals surface area (Å²) in [7, 11) is 0. The van der Waals surface area contributed by atoms with Gasteiger partial charge in [-0.15, -0.1) is 0 Å². The Kier molecular flexibility index (Phi) is 3.64. The number of nitrogens with zero attached hydrogens (tertiary/aromatic N) is 2. The van der Waals surface area contributed by atoms with E-state index in [1.807, 2.05) is 0 Å². The predicted molar refractivity (Wildman–Crippen MR) is 66.6 cm³/mol. The van der Waals surface area contributed by atoms with Gasteiger partial charge in [0, 0.05) is 30.3 Å². The average Bonchev–Trinajstić information content (AvgIpc) is 2.83. The molecule has 19 heavy (non-hydrogen) atoms. The Morgan fingerprint density at radius 3 is 2.74 bits per heavy atom. The van der Waals surface area contributed by atoms with Gasteiger partial charge in [-0.05, 0) is 24.3 Å². The lowest BCUT2D eigenvalue weighted by Crippen LogP contribution is -2.15. The molecule has 0 aliphatic heterocycles. The van der Waals surface area contributed by atoms with Gasteiger partial charge < -0.3 is 11.1 Å². The third-order valence-corrected chi connectivity index (χ3v) is 2.56. The van der Waals surface area contributed by atoms with Crippen molar-refractivity contribution in [3.63, 3.8) is 0 Å². The first-order valence-corrected chi connectivity index (χ1v) is 5.65. The van der Waals surface area contributed by atoms with Crippen molar-refractivity contribution in [2.75, 3.05) is 17.6 Å². The molecule has 0 saturated carbocycles. The van der Waals surface area contributed by atoms with Crippen molar-refractivity contribution in [3.05, 3.63) is 42.2 Å². The maximum atomic E-state index is 12.8. The SMILES string of the molecule is Nc1ccc(NCCn2cccn2)c(C(F)(F)F)c1. The van der Waals surface area contributed by atoms with Crippen LogP contribution in [0.15, 0.2) is 36.7 Å². The van der Waals surface area contributed by atoms with Crippen molar-refractivity contribution in [1.29, 1.82) is 0 Å². The first-order valence-electron chi connectivity index (χ1n) is 5.65. The second kappa shape index (κ2) is 5.21. The van der Waals surface area contributed by atoms with Gasteiger partial charge in [0.1, 0.15) is 0 Å². The Morgan fingerprint density at radius 2 is 2.11 bits per heavy atom. The van der Waals surface area contributed by atoms with Gasteiger partial charge in [0.15, 0.2) is 0 Å². The molecule has 0 spiro atoms. The maximum absolute atomic E-state index is 12.8. The number of halogens is 3. The molecule has 0 fully saturated rings. The number of rotatable bonds is 4. The summed E-state index contributed by atoms with van der Waals surface area (Å²) in [5.41, 5.74) is 4.74. The van der Waals surface area contributed by atoms with E-state index in [0.29, 0.717) is 13.1 Å². The first kappa shape index (κ1) is 13.3. The van der Waals surface area contributed by atoms with Crippen molar-refractivity contribution >= 4 is 11.4 Å². The van der Waals surface area contributed by atoms with Crippen LogP contribution in [0.4, 0.5) is 24.5 Å². The van der Waals surface area contributed by atoms with Gasteiger partial charge in [-0.25, -0.2) is 0 Å². The Balaban J connectivity index is 2.07. The van der Waals surface area contributed by atoms with Gasteiger partial charge in [-0.1, -0.05) is 0 Å². The van der Waals surface area contributed by atoms with E-state index >= 15 is 0 Å². The quantitative estimate of drug-likeness (QED) is 0.840. The fourth-order valence-corrected chi connectivity index (χ4v) is 1.69. The van der Waals surface area contributed by atoms with Gasteiger partial charge in [-0.3, -0.25) is 4.68 Å². The molecule has 2 rings (SSSR count). The van der Waals surface area contributed by atoms with Gasteiger partial charge in [0.25, 0.3) is 0 Å². The highest BCUT2D eigenvalue weighted by atomic mass is 19.4. The molecule has 4 nitrogen and oxygen atoms in total. The topological polar surface area (TPSA) is 55.9 Å². The highest BCUT2D eigenvalue weighted by Crippen LogP contribution is 2.35. The zero-order chi connectivity index (χ0) is 13.9. The second-order valence-electron chi connectivity index (χ2n) is 4.00. The summed E-state index contributed by atoms with van der Waals surface area (Å²) in [5, 5.41) is 6.72. The smallest absolute Gasteiger partial charge is 0.399 e. The number of aromatic nitrogens is 2. The Morgan fingerprint density at radius 1 is 1.32 bits per heavy atom. The molecule has 0 radical (unpaired) electrons. The minimum absolute atomic E-state index is 0.0221. The lowest BCUT2D eigenvalue weighted by Gasteiger charge is -2.15. The van der Waals surface area contributed by atoms with Crippen molar-refractivity contribution in [2.24, 2.45) is 0 Å². The summed E-state index contributed by atoms with van der Waals surface area (Å²) in [5.74, 6) is 0. The molecule has 1 heterocycles. The highest BCUT2D eigenvalue weighted by Gasteiger charge is 2.33. The molecule has 7 heteroatoms. The third kappa shape index (κ3) is 3.40. The van der Waals surface area contributed by atoms with E-state index in [0.717, 1.165) is 6.07 Å². The van der Waals surface area contributed by atoms with Crippen LogP contribution in [0.2, 0.25) is 0 Å². The van der Waals surface area contributed by atoms with E-state index < -0.39 is 11.7 Å². The molecule has 0 unspecified atom stereocenters. The summed E-state index contributed by atoms with van der Waals surface area (Å²) in [6, 6.07) is 5.45. The van der Waals surface area contributed by atoms with Gasteiger partial charge in [-0.2, -0.15) is 18.3 Å². The first-order chi connectivity index (χ1) is 8.97. The molecule has 102 valence electrons. The number of hydrogen-bond donors (Lipinski definition) is 2. The lowest BCUT2D eigenvalue weighted by molar-refractivity contribution is -0.136. The Bertz CT molecular complexity index is 534. The minimum atomic E-state index is -4.43. The summed E-state index contributed by atoms with van der Waals surface area (Å²) in [6.45, 7) is 0.823. The van der Waals surface area contributed by atoms with Crippen LogP contribution < -0.4 is 11.1 Å². The number of nitrogens with two attached hydrogens (primary N) is 1. The monoisotopic (exact) mass is 270 g/mol. The van der Waals surface area contributed by atoms with Crippen molar-refractivity contribution in [3.8, 4) is 0 Å². The van der Waals surface area contributed by atoms with Crippen LogP contribution in [0.3, 0.4) is 0 Å². The van der Waals surface area contributed by atoms with Gasteiger partial charge in [0.05, 0.1) is 12.1 Å². The van der Waals surface area contributed by atoms with Crippen LogP contribution in [0.1, 0.15) is 5.56 Å². The summed E-state index contributed by atoms with van der Waals surface area (Å²) >= 11 is 0. The van der Waals surface area contributed by atoms with Gasteiger partial charge in [0.2, 0.25) is 0 Å². The molecule has 0 saturated heterocycles. The molecule has 0 aliphatic rings. The van der Waals surface area contributed by atoms with Crippen LogP contribution in [0.5, 0.6) is 0 Å². The molecule has 0 aliphatic carbocycles. The fraction of sp³-hybridized carbons (Fsp3) is 0.250. The van der Waals surface area contributed by atoms with Crippen LogP contribution in [0, 0.1) is 0 Å². The average molecular weight is 270 g/mol. The largest absolute Gasteiger partial charge is 0.418 e. The Hall–Kier alpha value is -2.18. The van der Waals surface area contributed by atoms with Crippen LogP contribution in [-0.2, 0) is 12.7 Å². The van der Waals surface area contributed by atoms with E-state index in [-0.39, 0.29) is 11.4 Å². The summed E-state index contributed by atoms with van der Waals surface area (Å²) in [6.07, 6.45) is -1.07. The third-order valence-electron chi connectivity index (χ3n) is 2.56. The molecule has 0 amide bonds. The molecule has 1 aromatic heterocycles. The molecular formula is C12H13F3N4. The van der Waals surface area contributed by atoms with Crippen molar-refractivity contribution in [2.45, 2.75) is 12.7 Å². The zero-order valence-corrected chi connectivity index (χ0v) is 9.98.